The molecule has 15 heavy (non-hydrogen) atoms. The number of alkyl halides is 3. The summed E-state index contributed by atoms with van der Waals surface area (Å²) in [6, 6.07) is 2.34. The van der Waals surface area contributed by atoms with E-state index < -0.39 is 28.9 Å². The van der Waals surface area contributed by atoms with Crippen LogP contribution in [0.4, 0.5) is 22.0 Å². The zero-order valence-electron chi connectivity index (χ0n) is 7.70. The van der Waals surface area contributed by atoms with Crippen molar-refractivity contribution in [2.45, 2.75) is 13.1 Å². The highest BCUT2D eigenvalue weighted by Gasteiger charge is 2.29. The standard InChI is InChI=1S/C10H7F5/c1-6(10(13,14)15)4-7-5-8(11)2-3-9(7)12/h2-5H,1H3/b6-4+. The van der Waals surface area contributed by atoms with Crippen LogP contribution in [-0.2, 0) is 0 Å². The Labute approximate surface area is 83.0 Å². The first kappa shape index (κ1) is 11.7. The van der Waals surface area contributed by atoms with Gasteiger partial charge in [0.15, 0.2) is 0 Å². The van der Waals surface area contributed by atoms with Crippen LogP contribution in [0, 0.1) is 11.6 Å². The zero-order chi connectivity index (χ0) is 11.6. The SMILES string of the molecule is C/C(=C\c1cc(F)ccc1F)C(F)(F)F. The molecular weight excluding hydrogens is 215 g/mol. The van der Waals surface area contributed by atoms with E-state index >= 15 is 0 Å². The average molecular weight is 222 g/mol. The van der Waals surface area contributed by atoms with Crippen molar-refractivity contribution in [3.63, 3.8) is 0 Å². The van der Waals surface area contributed by atoms with Crippen molar-refractivity contribution in [1.82, 2.24) is 0 Å². The predicted molar refractivity (Wildman–Crippen MR) is 46.1 cm³/mol. The summed E-state index contributed by atoms with van der Waals surface area (Å²) >= 11 is 0. The number of hydrogen-bond donors (Lipinski definition) is 0. The number of benzene rings is 1. The van der Waals surface area contributed by atoms with Gasteiger partial charge in [-0.3, -0.25) is 0 Å². The molecule has 0 spiro atoms. The van der Waals surface area contributed by atoms with Crippen LogP contribution in [0.15, 0.2) is 23.8 Å². The van der Waals surface area contributed by atoms with E-state index in [2.05, 4.69) is 0 Å². The van der Waals surface area contributed by atoms with Gasteiger partial charge in [0.25, 0.3) is 0 Å². The van der Waals surface area contributed by atoms with E-state index in [0.717, 1.165) is 19.1 Å². The van der Waals surface area contributed by atoms with Crippen molar-refractivity contribution in [3.8, 4) is 0 Å². The van der Waals surface area contributed by atoms with Crippen molar-refractivity contribution in [2.24, 2.45) is 0 Å². The normalized spacial score (nSPS) is 13.1. The Balaban J connectivity index is 3.13. The quantitative estimate of drug-likeness (QED) is 0.631. The smallest absolute Gasteiger partial charge is 0.207 e. The van der Waals surface area contributed by atoms with Crippen LogP contribution in [0.3, 0.4) is 0 Å². The second-order valence-electron chi connectivity index (χ2n) is 2.99. The molecule has 0 radical (unpaired) electrons. The molecule has 1 rings (SSSR count). The predicted octanol–water partition coefficient (Wildman–Crippen LogP) is 3.93. The van der Waals surface area contributed by atoms with Crippen LogP contribution >= 0.6 is 0 Å². The highest BCUT2D eigenvalue weighted by atomic mass is 19.4. The fourth-order valence-electron chi connectivity index (χ4n) is 0.940. The van der Waals surface area contributed by atoms with Crippen LogP contribution in [-0.4, -0.2) is 6.18 Å². The molecule has 0 saturated heterocycles. The van der Waals surface area contributed by atoms with Crippen molar-refractivity contribution in [2.75, 3.05) is 0 Å². The van der Waals surface area contributed by atoms with Gasteiger partial charge in [-0.15, -0.1) is 0 Å². The largest absolute Gasteiger partial charge is 0.412 e. The van der Waals surface area contributed by atoms with E-state index in [1.165, 1.54) is 0 Å². The minimum atomic E-state index is -4.53. The van der Waals surface area contributed by atoms with Gasteiger partial charge in [-0.05, 0) is 31.2 Å². The van der Waals surface area contributed by atoms with Gasteiger partial charge in [0, 0.05) is 11.1 Å². The molecule has 0 N–H and O–H groups in total. The second kappa shape index (κ2) is 4.00. The third-order valence-corrected chi connectivity index (χ3v) is 1.78. The van der Waals surface area contributed by atoms with Gasteiger partial charge in [-0.25, -0.2) is 8.78 Å². The minimum absolute atomic E-state index is 0.412. The molecule has 0 saturated carbocycles. The zero-order valence-corrected chi connectivity index (χ0v) is 7.70. The molecule has 0 unspecified atom stereocenters. The van der Waals surface area contributed by atoms with Gasteiger partial charge in [-0.1, -0.05) is 0 Å². The summed E-state index contributed by atoms with van der Waals surface area (Å²) in [6.07, 6.45) is -3.96. The Hall–Kier alpha value is -1.39. The lowest BCUT2D eigenvalue weighted by molar-refractivity contribution is -0.0903. The molecule has 0 fully saturated rings. The van der Waals surface area contributed by atoms with Crippen LogP contribution in [0.5, 0.6) is 0 Å². The van der Waals surface area contributed by atoms with Gasteiger partial charge < -0.3 is 0 Å². The molecule has 0 atom stereocenters. The van der Waals surface area contributed by atoms with E-state index in [1.54, 1.807) is 0 Å². The Morgan fingerprint density at radius 2 is 1.80 bits per heavy atom. The van der Waals surface area contributed by atoms with E-state index in [-0.39, 0.29) is 0 Å². The summed E-state index contributed by atoms with van der Waals surface area (Å²) in [6.45, 7) is 0.796. The summed E-state index contributed by atoms with van der Waals surface area (Å²) in [4.78, 5) is 0. The van der Waals surface area contributed by atoms with E-state index in [4.69, 9.17) is 0 Å². The molecule has 0 aliphatic rings. The third kappa shape index (κ3) is 3.04. The summed E-state index contributed by atoms with van der Waals surface area (Å²) < 4.78 is 61.8. The number of allylic oxidation sites excluding steroid dienone is 1. The maximum atomic E-state index is 12.9. The molecule has 1 aromatic rings. The molecule has 82 valence electrons. The first-order valence-corrected chi connectivity index (χ1v) is 4.01. The number of hydrogen-bond acceptors (Lipinski definition) is 0. The molecule has 0 aliphatic carbocycles. The maximum Gasteiger partial charge on any atom is 0.412 e. The Morgan fingerprint density at radius 3 is 2.33 bits per heavy atom. The second-order valence-corrected chi connectivity index (χ2v) is 2.99. The molecule has 5 heteroatoms. The Kier molecular flexibility index (Phi) is 3.12. The minimum Gasteiger partial charge on any atom is -0.207 e. The first-order chi connectivity index (χ1) is 6.80. The lowest BCUT2D eigenvalue weighted by Crippen LogP contribution is -2.08. The molecule has 1 aromatic carbocycles. The monoisotopic (exact) mass is 222 g/mol. The molecule has 0 heterocycles. The third-order valence-electron chi connectivity index (χ3n) is 1.78. The van der Waals surface area contributed by atoms with Crippen LogP contribution in [0.25, 0.3) is 6.08 Å². The average Bonchev–Trinajstić information content (AvgIpc) is 2.09. The van der Waals surface area contributed by atoms with E-state index in [0.29, 0.717) is 12.1 Å². The maximum absolute atomic E-state index is 12.9. The molecule has 0 nitrogen and oxygen atoms in total. The van der Waals surface area contributed by atoms with Crippen molar-refractivity contribution < 1.29 is 22.0 Å². The van der Waals surface area contributed by atoms with Crippen LogP contribution < -0.4 is 0 Å². The molecule has 0 aliphatic heterocycles. The Bertz CT molecular complexity index is 389. The van der Waals surface area contributed by atoms with Gasteiger partial charge in [0.2, 0.25) is 0 Å². The van der Waals surface area contributed by atoms with Gasteiger partial charge >= 0.3 is 6.18 Å². The summed E-state index contributed by atoms with van der Waals surface area (Å²) in [5, 5.41) is 0. The lowest BCUT2D eigenvalue weighted by Gasteiger charge is -2.06. The van der Waals surface area contributed by atoms with Gasteiger partial charge in [0.1, 0.15) is 11.6 Å². The number of halogens is 5. The van der Waals surface area contributed by atoms with Crippen molar-refractivity contribution >= 4 is 6.08 Å². The highest BCUT2D eigenvalue weighted by Crippen LogP contribution is 2.27. The first-order valence-electron chi connectivity index (χ1n) is 4.01. The van der Waals surface area contributed by atoms with E-state index in [1.807, 2.05) is 0 Å². The molecular formula is C10H7F5. The highest BCUT2D eigenvalue weighted by molar-refractivity contribution is 5.54. The van der Waals surface area contributed by atoms with Crippen molar-refractivity contribution in [3.05, 3.63) is 41.0 Å². The summed E-state index contributed by atoms with van der Waals surface area (Å²) in [5.41, 5.74) is -1.39. The molecule has 0 amide bonds. The fraction of sp³-hybridized carbons (Fsp3) is 0.200. The lowest BCUT2D eigenvalue weighted by atomic mass is 10.1. The van der Waals surface area contributed by atoms with E-state index in [9.17, 15) is 22.0 Å². The number of rotatable bonds is 1. The van der Waals surface area contributed by atoms with Crippen LogP contribution in [0.1, 0.15) is 12.5 Å². The van der Waals surface area contributed by atoms with Gasteiger partial charge in [0.05, 0.1) is 0 Å². The fourth-order valence-corrected chi connectivity index (χ4v) is 0.940. The summed E-state index contributed by atoms with van der Waals surface area (Å²) in [5.74, 6) is -1.67. The topological polar surface area (TPSA) is 0 Å². The summed E-state index contributed by atoms with van der Waals surface area (Å²) in [7, 11) is 0. The molecule has 0 aromatic heterocycles. The molecule has 0 bridgehead atoms. The van der Waals surface area contributed by atoms with Crippen molar-refractivity contribution in [1.29, 1.82) is 0 Å². The Morgan fingerprint density at radius 1 is 1.20 bits per heavy atom. The van der Waals surface area contributed by atoms with Gasteiger partial charge in [-0.2, -0.15) is 13.2 Å². The van der Waals surface area contributed by atoms with Crippen LogP contribution in [0.2, 0.25) is 0 Å².